The molecule has 1 aromatic rings. The summed E-state index contributed by atoms with van der Waals surface area (Å²) in [5.74, 6) is -11.0. The van der Waals surface area contributed by atoms with Crippen molar-refractivity contribution in [1.29, 1.82) is 0 Å². The molecule has 0 fully saturated rings. The Morgan fingerprint density at radius 1 is 0.660 bits per heavy atom. The van der Waals surface area contributed by atoms with Crippen LogP contribution in [0.15, 0.2) is 30.3 Å². The van der Waals surface area contributed by atoms with Crippen LogP contribution in [0.25, 0.3) is 0 Å². The third kappa shape index (κ3) is 14.3. The highest BCUT2D eigenvalue weighted by atomic mass is 16.4. The quantitative estimate of drug-likeness (QED) is 0.0619. The smallest absolute Gasteiger partial charge is 0.326 e. The zero-order chi connectivity index (χ0) is 35.8. The molecule has 0 aromatic heterocycles. The summed E-state index contributed by atoms with van der Waals surface area (Å²) in [7, 11) is 0. The van der Waals surface area contributed by atoms with Gasteiger partial charge in [-0.2, -0.15) is 0 Å². The fourth-order valence-corrected chi connectivity index (χ4v) is 3.97. The number of carboxylic acid groups (broad SMARTS) is 2. The van der Waals surface area contributed by atoms with Crippen molar-refractivity contribution in [3.63, 3.8) is 0 Å². The lowest BCUT2D eigenvalue weighted by Gasteiger charge is -2.27. The largest absolute Gasteiger partial charge is 0.481 e. The number of hydrogen-bond donors (Lipinski definition) is 11. The maximum Gasteiger partial charge on any atom is 0.326 e. The van der Waals surface area contributed by atoms with Gasteiger partial charge in [-0.15, -0.1) is 0 Å². The molecule has 0 aliphatic carbocycles. The fourth-order valence-electron chi connectivity index (χ4n) is 3.97. The van der Waals surface area contributed by atoms with Crippen LogP contribution in [0.4, 0.5) is 0 Å². The molecule has 0 heterocycles. The second-order valence-electron chi connectivity index (χ2n) is 10.2. The number of carbonyl (C=O) groups excluding carboxylic acids is 7. The van der Waals surface area contributed by atoms with Crippen molar-refractivity contribution >= 4 is 53.3 Å². The number of carboxylic acids is 2. The van der Waals surface area contributed by atoms with Crippen molar-refractivity contribution in [1.82, 2.24) is 26.6 Å². The zero-order valence-electron chi connectivity index (χ0n) is 25.1. The number of benzene rings is 1. The molecule has 7 amide bonds. The van der Waals surface area contributed by atoms with Crippen molar-refractivity contribution in [2.24, 2.45) is 17.2 Å². The molecular formula is C27H38N8O12. The first-order chi connectivity index (χ1) is 21.9. The highest BCUT2D eigenvalue weighted by Crippen LogP contribution is 2.07. The van der Waals surface area contributed by atoms with Crippen molar-refractivity contribution < 1.29 is 58.5 Å². The Morgan fingerprint density at radius 2 is 1.11 bits per heavy atom. The van der Waals surface area contributed by atoms with Gasteiger partial charge in [-0.25, -0.2) is 4.79 Å². The molecule has 0 radical (unpaired) electrons. The molecule has 0 aliphatic heterocycles. The summed E-state index contributed by atoms with van der Waals surface area (Å²) in [5.41, 5.74) is 15.9. The lowest BCUT2D eigenvalue weighted by Crippen LogP contribution is -2.61. The Morgan fingerprint density at radius 3 is 1.57 bits per heavy atom. The minimum absolute atomic E-state index is 0.278. The first-order valence-corrected chi connectivity index (χ1v) is 13.9. The van der Waals surface area contributed by atoms with E-state index in [2.05, 4.69) is 21.3 Å². The number of carbonyl (C=O) groups is 9. The molecule has 1 rings (SSSR count). The Hall–Kier alpha value is -5.63. The third-order valence-corrected chi connectivity index (χ3v) is 6.25. The number of aliphatic hydroxyl groups excluding tert-OH is 1. The van der Waals surface area contributed by atoms with Crippen LogP contribution >= 0.6 is 0 Å². The molecule has 20 nitrogen and oxygen atoms in total. The molecular weight excluding hydrogens is 628 g/mol. The maximum atomic E-state index is 13.5. The van der Waals surface area contributed by atoms with Gasteiger partial charge in [0.1, 0.15) is 30.2 Å². The molecule has 1 aromatic carbocycles. The zero-order valence-corrected chi connectivity index (χ0v) is 25.1. The Balaban J connectivity index is 3.36. The van der Waals surface area contributed by atoms with E-state index in [1.165, 1.54) is 0 Å². The highest BCUT2D eigenvalue weighted by Gasteiger charge is 2.35. The number of nitrogens with two attached hydrogens (primary N) is 3. The second-order valence-corrected chi connectivity index (χ2v) is 10.2. The van der Waals surface area contributed by atoms with E-state index < -0.39 is 115 Å². The van der Waals surface area contributed by atoms with Crippen LogP contribution in [0.2, 0.25) is 0 Å². The average molecular weight is 667 g/mol. The van der Waals surface area contributed by atoms with E-state index >= 15 is 0 Å². The van der Waals surface area contributed by atoms with Crippen LogP contribution in [-0.4, -0.2) is 111 Å². The predicted octanol–water partition coefficient (Wildman–Crippen LogP) is -5.70. The minimum atomic E-state index is -1.86. The summed E-state index contributed by atoms with van der Waals surface area (Å²) in [5, 5.41) is 39.3. The Kier molecular flexibility index (Phi) is 15.9. The van der Waals surface area contributed by atoms with E-state index in [1.807, 2.05) is 5.32 Å². The van der Waals surface area contributed by atoms with Gasteiger partial charge in [-0.1, -0.05) is 30.3 Å². The molecule has 47 heavy (non-hydrogen) atoms. The number of hydrogen-bond acceptors (Lipinski definition) is 11. The van der Waals surface area contributed by atoms with Crippen molar-refractivity contribution in [3.05, 3.63) is 35.9 Å². The molecule has 0 saturated heterocycles. The number of aliphatic hydroxyl groups is 1. The summed E-state index contributed by atoms with van der Waals surface area (Å²) in [6, 6.07) is -0.782. The van der Waals surface area contributed by atoms with Gasteiger partial charge < -0.3 is 59.1 Å². The lowest BCUT2D eigenvalue weighted by atomic mass is 10.0. The molecule has 258 valence electrons. The van der Waals surface area contributed by atoms with Gasteiger partial charge >= 0.3 is 11.9 Å². The average Bonchev–Trinajstić information content (AvgIpc) is 2.97. The van der Waals surface area contributed by atoms with E-state index in [4.69, 9.17) is 17.2 Å². The van der Waals surface area contributed by atoms with Gasteiger partial charge in [0.2, 0.25) is 41.4 Å². The molecule has 14 N–H and O–H groups in total. The molecule has 0 aliphatic rings. The molecule has 6 atom stereocenters. The van der Waals surface area contributed by atoms with E-state index in [0.29, 0.717) is 5.56 Å². The number of nitrogens with one attached hydrogen (secondary N) is 5. The number of primary amides is 2. The molecule has 0 unspecified atom stereocenters. The first kappa shape index (κ1) is 39.4. The molecule has 0 spiro atoms. The van der Waals surface area contributed by atoms with Crippen molar-refractivity contribution in [3.8, 4) is 0 Å². The van der Waals surface area contributed by atoms with Gasteiger partial charge in [-0.3, -0.25) is 38.4 Å². The van der Waals surface area contributed by atoms with Crippen molar-refractivity contribution in [2.45, 2.75) is 68.9 Å². The maximum absolute atomic E-state index is 13.5. The molecule has 0 bridgehead atoms. The van der Waals surface area contributed by atoms with Gasteiger partial charge in [-0.05, 0) is 12.5 Å². The lowest BCUT2D eigenvalue weighted by molar-refractivity contribution is -0.144. The Bertz CT molecular complexity index is 1340. The Labute approximate surface area is 267 Å². The summed E-state index contributed by atoms with van der Waals surface area (Å²) >= 11 is 0. The summed E-state index contributed by atoms with van der Waals surface area (Å²) in [6.45, 7) is 0.585. The monoisotopic (exact) mass is 666 g/mol. The van der Waals surface area contributed by atoms with E-state index in [1.54, 1.807) is 30.3 Å². The van der Waals surface area contributed by atoms with Crippen LogP contribution in [0.1, 0.15) is 31.7 Å². The number of rotatable bonds is 20. The molecule has 20 heteroatoms. The summed E-state index contributed by atoms with van der Waals surface area (Å²) in [4.78, 5) is 110. The number of aliphatic carboxylic acids is 2. The fraction of sp³-hybridized carbons (Fsp3) is 0.444. The topological polar surface area (TPSA) is 353 Å². The van der Waals surface area contributed by atoms with Gasteiger partial charge in [0, 0.05) is 6.42 Å². The van der Waals surface area contributed by atoms with Crippen LogP contribution in [0.5, 0.6) is 0 Å². The van der Waals surface area contributed by atoms with Crippen molar-refractivity contribution in [2.75, 3.05) is 6.54 Å². The number of amides is 7. The van der Waals surface area contributed by atoms with Crippen LogP contribution in [0, 0.1) is 0 Å². The van der Waals surface area contributed by atoms with E-state index in [-0.39, 0.29) is 6.42 Å². The SMILES string of the molecule is C[C@@H](O)[C@H](NC(=O)CN)C(=O)N[C@@H](CC(=O)O)C(=O)N[C@@H](Cc1ccccc1)C(=O)N[C@@H](CC(N)=O)C(=O)N[C@@H](CC(N)=O)C(=O)O. The normalized spacial score (nSPS) is 14.4. The van der Waals surface area contributed by atoms with E-state index in [0.717, 1.165) is 6.92 Å². The third-order valence-electron chi connectivity index (χ3n) is 6.25. The first-order valence-electron chi connectivity index (χ1n) is 13.9. The van der Waals surface area contributed by atoms with Crippen LogP contribution in [-0.2, 0) is 49.6 Å². The molecule has 0 saturated carbocycles. The van der Waals surface area contributed by atoms with Crippen LogP contribution in [0.3, 0.4) is 0 Å². The second kappa shape index (κ2) is 19.0. The van der Waals surface area contributed by atoms with Gasteiger partial charge in [0.15, 0.2) is 0 Å². The summed E-state index contributed by atoms with van der Waals surface area (Å²) in [6.07, 6.45) is -4.47. The standard InChI is InChI=1S/C27H38N8O12/c1-12(36)22(35-20(39)11-28)26(45)33-16(10-21(40)41)25(44)31-14(7-13-5-3-2-4-6-13)23(42)32-15(8-18(29)37)24(43)34-17(27(46)47)9-19(30)38/h2-6,12,14-17,22,36H,7-11,28H2,1H3,(H2,29,37)(H2,30,38)(H,31,44)(H,32,42)(H,33,45)(H,34,43)(H,35,39)(H,40,41)(H,46,47)/t12-,14+,15+,16+,17+,22+/m1/s1. The minimum Gasteiger partial charge on any atom is -0.481 e. The van der Waals surface area contributed by atoms with Gasteiger partial charge in [0.25, 0.3) is 0 Å². The van der Waals surface area contributed by atoms with Gasteiger partial charge in [0.05, 0.1) is 31.9 Å². The summed E-state index contributed by atoms with van der Waals surface area (Å²) < 4.78 is 0. The predicted molar refractivity (Wildman–Crippen MR) is 158 cm³/mol. The van der Waals surface area contributed by atoms with E-state index in [9.17, 15) is 58.5 Å². The highest BCUT2D eigenvalue weighted by molar-refractivity contribution is 5.98. The van der Waals surface area contributed by atoms with Crippen LogP contribution < -0.4 is 43.8 Å².